The molecule has 1 N–H and O–H groups in total. The van der Waals surface area contributed by atoms with Gasteiger partial charge in [-0.2, -0.15) is 4.98 Å². The zero-order valence-electron chi connectivity index (χ0n) is 16.8. The molecule has 0 aliphatic carbocycles. The monoisotopic (exact) mass is 385 g/mol. The summed E-state index contributed by atoms with van der Waals surface area (Å²) < 4.78 is 11.0. The van der Waals surface area contributed by atoms with E-state index in [4.69, 9.17) is 9.47 Å². The lowest BCUT2D eigenvalue weighted by atomic mass is 10.3. The fraction of sp³-hybridized carbons (Fsp3) is 0.450. The number of aromatic nitrogens is 2. The minimum atomic E-state index is -0.133. The molecule has 1 fully saturated rings. The first-order valence-corrected chi connectivity index (χ1v) is 9.42. The maximum atomic E-state index is 12.6. The fourth-order valence-corrected chi connectivity index (χ4v) is 3.07. The van der Waals surface area contributed by atoms with Gasteiger partial charge in [-0.1, -0.05) is 12.1 Å². The number of anilines is 2. The summed E-state index contributed by atoms with van der Waals surface area (Å²) in [6, 6.07) is 9.11. The minimum Gasteiger partial charge on any atom is -0.495 e. The predicted octanol–water partition coefficient (Wildman–Crippen LogP) is 2.93. The van der Waals surface area contributed by atoms with Crippen molar-refractivity contribution in [2.75, 3.05) is 43.5 Å². The van der Waals surface area contributed by atoms with Crippen LogP contribution in [-0.4, -0.2) is 60.3 Å². The number of nitrogens with one attached hydrogen (secondary N) is 1. The molecule has 2 aromatic rings. The van der Waals surface area contributed by atoms with Crippen LogP contribution in [0.15, 0.2) is 30.3 Å². The summed E-state index contributed by atoms with van der Waals surface area (Å²) in [5, 5.41) is 2.92. The van der Waals surface area contributed by atoms with Crippen LogP contribution in [0, 0.1) is 6.92 Å². The van der Waals surface area contributed by atoms with Crippen molar-refractivity contribution < 1.29 is 14.3 Å². The third-order valence-corrected chi connectivity index (χ3v) is 4.40. The molecule has 8 nitrogen and oxygen atoms in total. The van der Waals surface area contributed by atoms with Gasteiger partial charge in [0, 0.05) is 32.2 Å². The number of amides is 2. The van der Waals surface area contributed by atoms with Crippen molar-refractivity contribution in [1.82, 2.24) is 14.9 Å². The summed E-state index contributed by atoms with van der Waals surface area (Å²) in [5.41, 5.74) is 0.666. The number of carbonyl (C=O) groups is 1. The van der Waals surface area contributed by atoms with Gasteiger partial charge in [0.15, 0.2) is 0 Å². The normalized spacial score (nSPS) is 14.2. The summed E-state index contributed by atoms with van der Waals surface area (Å²) >= 11 is 0. The third-order valence-electron chi connectivity index (χ3n) is 4.40. The summed E-state index contributed by atoms with van der Waals surface area (Å²) in [6.45, 7) is 8.38. The van der Waals surface area contributed by atoms with E-state index in [0.29, 0.717) is 49.3 Å². The van der Waals surface area contributed by atoms with Gasteiger partial charge in [0.2, 0.25) is 5.88 Å². The van der Waals surface area contributed by atoms with Gasteiger partial charge < -0.3 is 24.6 Å². The van der Waals surface area contributed by atoms with Crippen molar-refractivity contribution in [3.63, 3.8) is 0 Å². The van der Waals surface area contributed by atoms with Gasteiger partial charge in [0.1, 0.15) is 17.4 Å². The van der Waals surface area contributed by atoms with E-state index in [1.54, 1.807) is 12.0 Å². The van der Waals surface area contributed by atoms with Gasteiger partial charge in [0.25, 0.3) is 0 Å². The van der Waals surface area contributed by atoms with Gasteiger partial charge in [-0.15, -0.1) is 0 Å². The van der Waals surface area contributed by atoms with E-state index < -0.39 is 0 Å². The van der Waals surface area contributed by atoms with Gasteiger partial charge >= 0.3 is 6.03 Å². The minimum absolute atomic E-state index is 0.0534. The molecule has 0 atom stereocenters. The van der Waals surface area contributed by atoms with Crippen LogP contribution in [0.2, 0.25) is 0 Å². The summed E-state index contributed by atoms with van der Waals surface area (Å²) in [7, 11) is 1.59. The zero-order valence-corrected chi connectivity index (χ0v) is 16.8. The highest BCUT2D eigenvalue weighted by Crippen LogP contribution is 2.24. The standard InChI is InChI=1S/C20H27N5O3/c1-14(2)28-19-13-18(21-15(3)22-19)24-9-11-25(12-10-24)20(26)23-16-7-5-6-8-17(16)27-4/h5-8,13-14H,9-12H2,1-4H3,(H,23,26). The lowest BCUT2D eigenvalue weighted by molar-refractivity contribution is 0.207. The molecule has 1 aliphatic rings. The first-order valence-electron chi connectivity index (χ1n) is 9.42. The van der Waals surface area contributed by atoms with E-state index >= 15 is 0 Å². The highest BCUT2D eigenvalue weighted by molar-refractivity contribution is 5.91. The Hall–Kier alpha value is -3.03. The molecule has 150 valence electrons. The van der Waals surface area contributed by atoms with Crippen LogP contribution >= 0.6 is 0 Å². The lowest BCUT2D eigenvalue weighted by Gasteiger charge is -2.35. The lowest BCUT2D eigenvalue weighted by Crippen LogP contribution is -2.50. The first-order chi connectivity index (χ1) is 13.5. The summed E-state index contributed by atoms with van der Waals surface area (Å²) in [5.74, 6) is 2.72. The second-order valence-corrected chi connectivity index (χ2v) is 6.88. The van der Waals surface area contributed by atoms with Gasteiger partial charge in [-0.05, 0) is 32.9 Å². The highest BCUT2D eigenvalue weighted by atomic mass is 16.5. The van der Waals surface area contributed by atoms with Crippen LogP contribution in [0.1, 0.15) is 19.7 Å². The summed E-state index contributed by atoms with van der Waals surface area (Å²) in [6.07, 6.45) is 0.0534. The maximum Gasteiger partial charge on any atom is 0.322 e. The molecule has 8 heteroatoms. The van der Waals surface area contributed by atoms with E-state index in [1.165, 1.54) is 0 Å². The Morgan fingerprint density at radius 1 is 1.14 bits per heavy atom. The number of carbonyl (C=O) groups excluding carboxylic acids is 1. The topological polar surface area (TPSA) is 79.8 Å². The largest absolute Gasteiger partial charge is 0.495 e. The summed E-state index contributed by atoms with van der Waals surface area (Å²) in [4.78, 5) is 25.4. The number of rotatable bonds is 5. The first kappa shape index (κ1) is 19.7. The molecule has 2 heterocycles. The van der Waals surface area contributed by atoms with Crippen molar-refractivity contribution >= 4 is 17.5 Å². The number of urea groups is 1. The number of methoxy groups -OCH3 is 1. The highest BCUT2D eigenvalue weighted by Gasteiger charge is 2.23. The molecule has 28 heavy (non-hydrogen) atoms. The quantitative estimate of drug-likeness (QED) is 0.852. The molecular formula is C20H27N5O3. The number of nitrogens with zero attached hydrogens (tertiary/aromatic N) is 4. The molecule has 1 aromatic heterocycles. The Morgan fingerprint density at radius 2 is 1.86 bits per heavy atom. The molecule has 0 unspecified atom stereocenters. The molecule has 3 rings (SSSR count). The smallest absolute Gasteiger partial charge is 0.322 e. The van der Waals surface area contributed by atoms with Crippen LogP contribution in [0.3, 0.4) is 0 Å². The van der Waals surface area contributed by atoms with E-state index in [1.807, 2.05) is 51.1 Å². The molecule has 2 amide bonds. The molecular weight excluding hydrogens is 358 g/mol. The van der Waals surface area contributed by atoms with Crippen LogP contribution in [0.25, 0.3) is 0 Å². The number of para-hydroxylation sites is 2. The van der Waals surface area contributed by atoms with Crippen LogP contribution in [-0.2, 0) is 0 Å². The Labute approximate surface area is 165 Å². The number of ether oxygens (including phenoxy) is 2. The Bertz CT molecular complexity index is 819. The van der Waals surface area contributed by atoms with E-state index in [-0.39, 0.29) is 12.1 Å². The zero-order chi connectivity index (χ0) is 20.1. The number of piperazine rings is 1. The SMILES string of the molecule is COc1ccccc1NC(=O)N1CCN(c2cc(OC(C)C)nc(C)n2)CC1. The van der Waals surface area contributed by atoms with Crippen molar-refractivity contribution in [2.45, 2.75) is 26.9 Å². The van der Waals surface area contributed by atoms with E-state index in [0.717, 1.165) is 5.82 Å². The van der Waals surface area contributed by atoms with Crippen LogP contribution in [0.5, 0.6) is 11.6 Å². The average molecular weight is 385 g/mol. The second kappa shape index (κ2) is 8.77. The van der Waals surface area contributed by atoms with Gasteiger partial charge in [-0.25, -0.2) is 9.78 Å². The van der Waals surface area contributed by atoms with Crippen molar-refractivity contribution in [3.05, 3.63) is 36.2 Å². The molecule has 0 radical (unpaired) electrons. The number of hydrogen-bond donors (Lipinski definition) is 1. The Balaban J connectivity index is 1.61. The average Bonchev–Trinajstić information content (AvgIpc) is 2.67. The molecule has 0 bridgehead atoms. The van der Waals surface area contributed by atoms with Crippen molar-refractivity contribution in [2.24, 2.45) is 0 Å². The van der Waals surface area contributed by atoms with E-state index in [9.17, 15) is 4.79 Å². The van der Waals surface area contributed by atoms with Gasteiger partial charge in [-0.3, -0.25) is 0 Å². The van der Waals surface area contributed by atoms with Crippen molar-refractivity contribution in [3.8, 4) is 11.6 Å². The number of benzene rings is 1. The Kier molecular flexibility index (Phi) is 6.18. The predicted molar refractivity (Wildman–Crippen MR) is 108 cm³/mol. The fourth-order valence-electron chi connectivity index (χ4n) is 3.07. The van der Waals surface area contributed by atoms with Crippen LogP contribution < -0.4 is 19.7 Å². The third kappa shape index (κ3) is 4.82. The molecule has 1 aromatic carbocycles. The van der Waals surface area contributed by atoms with Crippen LogP contribution in [0.4, 0.5) is 16.3 Å². The second-order valence-electron chi connectivity index (χ2n) is 6.88. The molecule has 0 saturated carbocycles. The maximum absolute atomic E-state index is 12.6. The van der Waals surface area contributed by atoms with Gasteiger partial charge in [0.05, 0.1) is 18.9 Å². The number of aryl methyl sites for hydroxylation is 1. The van der Waals surface area contributed by atoms with E-state index in [2.05, 4.69) is 20.2 Å². The number of hydrogen-bond acceptors (Lipinski definition) is 6. The molecule has 1 saturated heterocycles. The molecule has 0 spiro atoms. The molecule has 1 aliphatic heterocycles. The Morgan fingerprint density at radius 3 is 2.54 bits per heavy atom. The van der Waals surface area contributed by atoms with Crippen molar-refractivity contribution in [1.29, 1.82) is 0 Å².